The van der Waals surface area contributed by atoms with Crippen LogP contribution in [-0.4, -0.2) is 48.0 Å². The van der Waals surface area contributed by atoms with E-state index in [-0.39, 0.29) is 0 Å². The summed E-state index contributed by atoms with van der Waals surface area (Å²) >= 11 is 3.49. The third-order valence-corrected chi connectivity index (χ3v) is 7.23. The number of rotatable bonds is 13. The van der Waals surface area contributed by atoms with Gasteiger partial charge in [-0.15, -0.1) is 11.8 Å². The van der Waals surface area contributed by atoms with Crippen molar-refractivity contribution in [3.8, 4) is 0 Å². The molecule has 1 aliphatic rings. The van der Waals surface area contributed by atoms with E-state index in [4.69, 9.17) is 4.84 Å². The van der Waals surface area contributed by atoms with Crippen molar-refractivity contribution in [2.24, 2.45) is 5.16 Å². The van der Waals surface area contributed by atoms with Crippen LogP contribution in [0.25, 0.3) is 4.91 Å². The summed E-state index contributed by atoms with van der Waals surface area (Å²) in [6.45, 7) is 9.91. The molecule has 1 aromatic heterocycles. The molecule has 0 unspecified atom stereocenters. The molecule has 0 bridgehead atoms. The summed E-state index contributed by atoms with van der Waals surface area (Å²) in [7, 11) is 0. The van der Waals surface area contributed by atoms with Crippen LogP contribution in [-0.2, 0) is 11.3 Å². The molecule has 1 fully saturated rings. The second-order valence-corrected chi connectivity index (χ2v) is 9.72. The van der Waals surface area contributed by atoms with Crippen molar-refractivity contribution < 1.29 is 4.84 Å². The lowest BCUT2D eigenvalue weighted by atomic mass is 10.0. The first-order chi connectivity index (χ1) is 15.7. The Hall–Kier alpha value is -1.96. The molecule has 3 rings (SSSR count). The van der Waals surface area contributed by atoms with Crippen molar-refractivity contribution in [3.05, 3.63) is 66.0 Å². The quantitative estimate of drug-likeness (QED) is 0.149. The zero-order valence-electron chi connectivity index (χ0n) is 19.2. The molecule has 32 heavy (non-hydrogen) atoms. The van der Waals surface area contributed by atoms with Gasteiger partial charge in [0.05, 0.1) is 17.6 Å². The Kier molecular flexibility index (Phi) is 10.5. The standard InChI is InChI=1S/C25H34N4OS2/c1-4-30-27-20-23-12-10-22(11-13-23)9-7-5-6-8-16-28-17-18-29(32-28)24-14-15-26-25(19-24)21(2)31-3/h10-15,19-20H,2,4-9,16-18H2,1,3H3/b27-20+. The van der Waals surface area contributed by atoms with Crippen LogP contribution in [0.1, 0.15) is 49.4 Å². The largest absolute Gasteiger partial charge is 0.396 e. The van der Waals surface area contributed by atoms with Gasteiger partial charge in [0.15, 0.2) is 0 Å². The minimum Gasteiger partial charge on any atom is -0.396 e. The van der Waals surface area contributed by atoms with Crippen LogP contribution in [0.2, 0.25) is 0 Å². The van der Waals surface area contributed by atoms with Crippen LogP contribution in [0.5, 0.6) is 0 Å². The third kappa shape index (κ3) is 7.87. The van der Waals surface area contributed by atoms with Crippen molar-refractivity contribution in [2.45, 2.75) is 39.0 Å². The highest BCUT2D eigenvalue weighted by molar-refractivity contribution is 8.07. The van der Waals surface area contributed by atoms with Gasteiger partial charge < -0.3 is 9.14 Å². The molecule has 1 aliphatic heterocycles. The van der Waals surface area contributed by atoms with Gasteiger partial charge in [-0.05, 0) is 55.7 Å². The fourth-order valence-electron chi connectivity index (χ4n) is 3.50. The van der Waals surface area contributed by atoms with Gasteiger partial charge in [-0.3, -0.25) is 4.98 Å². The van der Waals surface area contributed by atoms with Crippen molar-refractivity contribution in [1.29, 1.82) is 0 Å². The molecule has 0 atom stereocenters. The molecule has 172 valence electrons. The molecule has 0 amide bonds. The summed E-state index contributed by atoms with van der Waals surface area (Å²) in [5, 5.41) is 3.91. The molecular formula is C25H34N4OS2. The van der Waals surface area contributed by atoms with Gasteiger partial charge in [-0.2, -0.15) is 0 Å². The lowest BCUT2D eigenvalue weighted by Crippen LogP contribution is -2.13. The number of nitrogens with zero attached hydrogens (tertiary/aromatic N) is 4. The maximum absolute atomic E-state index is 5.01. The number of hydrogen-bond acceptors (Lipinski definition) is 7. The predicted molar refractivity (Wildman–Crippen MR) is 141 cm³/mol. The Morgan fingerprint density at radius 3 is 2.78 bits per heavy atom. The number of thioether (sulfide) groups is 1. The second-order valence-electron chi connectivity index (χ2n) is 7.70. The van der Waals surface area contributed by atoms with Crippen molar-refractivity contribution in [1.82, 2.24) is 9.29 Å². The number of aryl methyl sites for hydroxylation is 1. The first-order valence-electron chi connectivity index (χ1n) is 11.3. The maximum Gasteiger partial charge on any atom is 0.114 e. The third-order valence-electron chi connectivity index (χ3n) is 5.34. The van der Waals surface area contributed by atoms with E-state index in [0.29, 0.717) is 6.61 Å². The number of pyridine rings is 1. The molecule has 0 spiro atoms. The summed E-state index contributed by atoms with van der Waals surface area (Å²) in [6, 6.07) is 12.8. The zero-order valence-corrected chi connectivity index (χ0v) is 20.8. The summed E-state index contributed by atoms with van der Waals surface area (Å²) in [5.41, 5.74) is 4.66. The molecule has 2 heterocycles. The number of unbranched alkanes of at least 4 members (excludes halogenated alkanes) is 3. The lowest BCUT2D eigenvalue weighted by Gasteiger charge is -2.18. The Labute approximate surface area is 201 Å². The van der Waals surface area contributed by atoms with Gasteiger partial charge >= 0.3 is 0 Å². The summed E-state index contributed by atoms with van der Waals surface area (Å²) < 4.78 is 4.84. The molecule has 0 saturated carbocycles. The minimum absolute atomic E-state index is 0.601. The first kappa shape index (κ1) is 24.7. The number of anilines is 1. The number of hydrogen-bond donors (Lipinski definition) is 0. The van der Waals surface area contributed by atoms with Gasteiger partial charge in [0, 0.05) is 42.9 Å². The number of oxime groups is 1. The fourth-order valence-corrected chi connectivity index (χ4v) is 4.84. The van der Waals surface area contributed by atoms with E-state index in [1.807, 2.05) is 31.5 Å². The van der Waals surface area contributed by atoms with Crippen LogP contribution >= 0.6 is 23.9 Å². The summed E-state index contributed by atoms with van der Waals surface area (Å²) in [5.74, 6) is 0. The molecule has 0 aliphatic carbocycles. The topological polar surface area (TPSA) is 41.0 Å². The van der Waals surface area contributed by atoms with Crippen LogP contribution in [0.15, 0.2) is 54.3 Å². The Bertz CT molecular complexity index is 873. The maximum atomic E-state index is 5.01. The average Bonchev–Trinajstić information content (AvgIpc) is 3.31. The molecule has 5 nitrogen and oxygen atoms in total. The average molecular weight is 471 g/mol. The smallest absolute Gasteiger partial charge is 0.114 e. The van der Waals surface area contributed by atoms with E-state index in [9.17, 15) is 0 Å². The summed E-state index contributed by atoms with van der Waals surface area (Å²) in [6.07, 6.45) is 11.9. The Balaban J connectivity index is 1.30. The van der Waals surface area contributed by atoms with E-state index in [1.165, 1.54) is 36.9 Å². The van der Waals surface area contributed by atoms with Crippen LogP contribution < -0.4 is 4.31 Å². The van der Waals surface area contributed by atoms with E-state index in [1.54, 1.807) is 18.0 Å². The summed E-state index contributed by atoms with van der Waals surface area (Å²) in [4.78, 5) is 10.5. The molecule has 2 aromatic rings. The molecule has 7 heteroatoms. The second kappa shape index (κ2) is 13.6. The van der Waals surface area contributed by atoms with Gasteiger partial charge in [-0.25, -0.2) is 4.31 Å². The molecular weight excluding hydrogens is 436 g/mol. The minimum atomic E-state index is 0.601. The van der Waals surface area contributed by atoms with E-state index < -0.39 is 0 Å². The number of aromatic nitrogens is 1. The van der Waals surface area contributed by atoms with E-state index >= 15 is 0 Å². The zero-order chi connectivity index (χ0) is 22.6. The molecule has 1 aromatic carbocycles. The predicted octanol–water partition coefficient (Wildman–Crippen LogP) is 6.27. The SMILES string of the molecule is C=C(SC)c1cc(N2CCN(CCCCCCc3ccc(/C=N/OCC)cc3)S2)ccn1. The van der Waals surface area contributed by atoms with E-state index in [0.717, 1.165) is 42.2 Å². The Morgan fingerprint density at radius 2 is 2.00 bits per heavy atom. The molecule has 1 saturated heterocycles. The van der Waals surface area contributed by atoms with Crippen molar-refractivity contribution in [2.75, 3.05) is 36.8 Å². The molecule has 0 radical (unpaired) electrons. The van der Waals surface area contributed by atoms with Crippen molar-refractivity contribution >= 4 is 40.7 Å². The van der Waals surface area contributed by atoms with Crippen LogP contribution in [0.4, 0.5) is 5.69 Å². The van der Waals surface area contributed by atoms with E-state index in [2.05, 4.69) is 61.7 Å². The fraction of sp³-hybridized carbons (Fsp3) is 0.440. The van der Waals surface area contributed by atoms with Crippen molar-refractivity contribution in [3.63, 3.8) is 0 Å². The van der Waals surface area contributed by atoms with Gasteiger partial charge in [0.2, 0.25) is 0 Å². The van der Waals surface area contributed by atoms with Gasteiger partial charge in [-0.1, -0.05) is 48.8 Å². The molecule has 0 N–H and O–H groups in total. The normalized spacial score (nSPS) is 14.4. The highest BCUT2D eigenvalue weighted by Gasteiger charge is 2.21. The first-order valence-corrected chi connectivity index (χ1v) is 13.3. The van der Waals surface area contributed by atoms with Gasteiger partial charge in [0.25, 0.3) is 0 Å². The number of benzene rings is 1. The monoisotopic (exact) mass is 470 g/mol. The Morgan fingerprint density at radius 1 is 1.19 bits per heavy atom. The highest BCUT2D eigenvalue weighted by atomic mass is 32.2. The van der Waals surface area contributed by atoms with Crippen LogP contribution in [0.3, 0.4) is 0 Å². The lowest BCUT2D eigenvalue weighted by molar-refractivity contribution is 0.160. The highest BCUT2D eigenvalue weighted by Crippen LogP contribution is 2.32. The van der Waals surface area contributed by atoms with Gasteiger partial charge in [0.1, 0.15) is 6.61 Å². The van der Waals surface area contributed by atoms with Crippen LogP contribution in [0, 0.1) is 0 Å².